The van der Waals surface area contributed by atoms with E-state index < -0.39 is 0 Å². The van der Waals surface area contributed by atoms with E-state index in [1.165, 1.54) is 22.3 Å². The van der Waals surface area contributed by atoms with Crippen LogP contribution in [0, 0.1) is 0 Å². The van der Waals surface area contributed by atoms with Crippen molar-refractivity contribution in [2.24, 2.45) is 0 Å². The molecule has 2 aromatic rings. The monoisotopic (exact) mass is 307 g/mol. The van der Waals surface area contributed by atoms with Gasteiger partial charge in [-0.05, 0) is 53.9 Å². The van der Waals surface area contributed by atoms with Gasteiger partial charge in [0.05, 0.1) is 0 Å². The van der Waals surface area contributed by atoms with E-state index >= 15 is 0 Å². The Bertz CT molecular complexity index is 682. The van der Waals surface area contributed by atoms with Crippen LogP contribution >= 0.6 is 0 Å². The molecule has 1 amide bonds. The lowest BCUT2D eigenvalue weighted by Crippen LogP contribution is -2.17. The van der Waals surface area contributed by atoms with E-state index in [-0.39, 0.29) is 5.91 Å². The summed E-state index contributed by atoms with van der Waals surface area (Å²) in [6.07, 6.45) is 4.65. The van der Waals surface area contributed by atoms with Crippen molar-refractivity contribution in [3.8, 4) is 0 Å². The molecule has 23 heavy (non-hydrogen) atoms. The van der Waals surface area contributed by atoms with Gasteiger partial charge in [0, 0.05) is 12.1 Å². The number of benzene rings is 2. The van der Waals surface area contributed by atoms with Crippen LogP contribution in [-0.4, -0.2) is 5.91 Å². The molecule has 2 nitrogen and oxygen atoms in total. The molecule has 2 aromatic carbocycles. The number of carbonyl (C=O) groups is 1. The highest BCUT2D eigenvalue weighted by atomic mass is 16.1. The molecule has 120 valence electrons. The molecular formula is C21H25NO. The Morgan fingerprint density at radius 1 is 1.04 bits per heavy atom. The third-order valence-corrected chi connectivity index (χ3v) is 4.95. The third-order valence-electron chi connectivity index (χ3n) is 4.95. The minimum atomic E-state index is 0.141. The zero-order valence-corrected chi connectivity index (χ0v) is 14.1. The molecule has 0 bridgehead atoms. The second-order valence-corrected chi connectivity index (χ2v) is 6.35. The maximum Gasteiger partial charge on any atom is 0.225 e. The van der Waals surface area contributed by atoms with E-state index in [2.05, 4.69) is 61.6 Å². The van der Waals surface area contributed by atoms with E-state index in [0.717, 1.165) is 31.4 Å². The summed E-state index contributed by atoms with van der Waals surface area (Å²) < 4.78 is 0. The molecule has 3 rings (SSSR count). The predicted molar refractivity (Wildman–Crippen MR) is 95.9 cm³/mol. The van der Waals surface area contributed by atoms with Crippen molar-refractivity contribution in [1.82, 2.24) is 0 Å². The summed E-state index contributed by atoms with van der Waals surface area (Å²) in [6.45, 7) is 4.27. The molecule has 2 heteroatoms. The lowest BCUT2D eigenvalue weighted by molar-refractivity contribution is -0.116. The molecule has 0 saturated heterocycles. The Hall–Kier alpha value is -2.09. The second-order valence-electron chi connectivity index (χ2n) is 6.35. The molecule has 1 unspecified atom stereocenters. The Labute approximate surface area is 138 Å². The number of amides is 1. The van der Waals surface area contributed by atoms with Gasteiger partial charge in [-0.1, -0.05) is 56.3 Å². The first-order valence-corrected chi connectivity index (χ1v) is 8.71. The normalized spacial score (nSPS) is 16.2. The van der Waals surface area contributed by atoms with E-state index in [9.17, 15) is 4.79 Å². The lowest BCUT2D eigenvalue weighted by Gasteiger charge is -2.16. The molecule has 0 fully saturated rings. The first-order chi connectivity index (χ1) is 11.2. The number of rotatable bonds is 5. The minimum Gasteiger partial charge on any atom is -0.326 e. The molecule has 1 atom stereocenters. The number of anilines is 1. The molecule has 0 aliphatic heterocycles. The number of para-hydroxylation sites is 1. The number of fused-ring (bicyclic) bond motifs is 1. The van der Waals surface area contributed by atoms with Crippen LogP contribution in [0.1, 0.15) is 54.9 Å². The molecular weight excluding hydrogens is 282 g/mol. The molecule has 1 N–H and O–H groups in total. The van der Waals surface area contributed by atoms with Crippen LogP contribution in [0.3, 0.4) is 0 Å². The van der Waals surface area contributed by atoms with Crippen LogP contribution in [0.5, 0.6) is 0 Å². The van der Waals surface area contributed by atoms with Gasteiger partial charge in [-0.2, -0.15) is 0 Å². The number of aryl methyl sites for hydroxylation is 3. The van der Waals surface area contributed by atoms with Gasteiger partial charge in [-0.25, -0.2) is 0 Å². The molecule has 0 spiro atoms. The number of nitrogens with one attached hydrogen (secondary N) is 1. The van der Waals surface area contributed by atoms with Crippen molar-refractivity contribution in [3.63, 3.8) is 0 Å². The Morgan fingerprint density at radius 2 is 1.74 bits per heavy atom. The summed E-state index contributed by atoms with van der Waals surface area (Å²) in [7, 11) is 0. The van der Waals surface area contributed by atoms with Gasteiger partial charge in [0.15, 0.2) is 0 Å². The van der Waals surface area contributed by atoms with Gasteiger partial charge in [0.25, 0.3) is 0 Å². The molecule has 0 aromatic heterocycles. The topological polar surface area (TPSA) is 29.1 Å². The Kier molecular flexibility index (Phi) is 4.80. The maximum absolute atomic E-state index is 12.6. The summed E-state index contributed by atoms with van der Waals surface area (Å²) >= 11 is 0. The van der Waals surface area contributed by atoms with Crippen molar-refractivity contribution < 1.29 is 4.79 Å². The van der Waals surface area contributed by atoms with Gasteiger partial charge in [0.2, 0.25) is 5.91 Å². The van der Waals surface area contributed by atoms with Gasteiger partial charge < -0.3 is 5.32 Å². The standard InChI is InChI=1S/C21H25NO/c1-3-15-9-7-10-16(4-2)21(15)22-20(23)14-18-13-12-17-8-5-6-11-19(17)18/h5-11,18H,3-4,12-14H2,1-2H3,(H,22,23). The minimum absolute atomic E-state index is 0.141. The fourth-order valence-corrected chi connectivity index (χ4v) is 3.67. The summed E-state index contributed by atoms with van der Waals surface area (Å²) in [5.41, 5.74) is 6.26. The molecule has 1 aliphatic rings. The first kappa shape index (κ1) is 15.8. The number of hydrogen-bond donors (Lipinski definition) is 1. The maximum atomic E-state index is 12.6. The largest absolute Gasteiger partial charge is 0.326 e. The highest BCUT2D eigenvalue weighted by Crippen LogP contribution is 2.35. The van der Waals surface area contributed by atoms with Crippen LogP contribution in [0.25, 0.3) is 0 Å². The molecule has 0 saturated carbocycles. The Morgan fingerprint density at radius 3 is 2.43 bits per heavy atom. The molecule has 1 aliphatic carbocycles. The van der Waals surface area contributed by atoms with Crippen LogP contribution in [-0.2, 0) is 24.1 Å². The van der Waals surface area contributed by atoms with Gasteiger partial charge in [0.1, 0.15) is 0 Å². The molecule has 0 radical (unpaired) electrons. The fourth-order valence-electron chi connectivity index (χ4n) is 3.67. The number of hydrogen-bond acceptors (Lipinski definition) is 1. The lowest BCUT2D eigenvalue weighted by atomic mass is 9.97. The van der Waals surface area contributed by atoms with Crippen LogP contribution in [0.4, 0.5) is 5.69 Å². The SMILES string of the molecule is CCc1cccc(CC)c1NC(=O)CC1CCc2ccccc21. The zero-order chi connectivity index (χ0) is 16.2. The van der Waals surface area contributed by atoms with Gasteiger partial charge in [-0.3, -0.25) is 4.79 Å². The van der Waals surface area contributed by atoms with Crippen molar-refractivity contribution in [1.29, 1.82) is 0 Å². The summed E-state index contributed by atoms with van der Waals surface area (Å²) in [4.78, 5) is 12.6. The van der Waals surface area contributed by atoms with E-state index in [4.69, 9.17) is 0 Å². The quantitative estimate of drug-likeness (QED) is 0.839. The van der Waals surface area contributed by atoms with Gasteiger partial charge in [-0.15, -0.1) is 0 Å². The highest BCUT2D eigenvalue weighted by molar-refractivity contribution is 5.93. The van der Waals surface area contributed by atoms with E-state index in [0.29, 0.717) is 12.3 Å². The van der Waals surface area contributed by atoms with Crippen LogP contribution in [0.15, 0.2) is 42.5 Å². The average molecular weight is 307 g/mol. The van der Waals surface area contributed by atoms with Crippen molar-refractivity contribution in [2.45, 2.75) is 51.9 Å². The number of carbonyl (C=O) groups excluding carboxylic acids is 1. The summed E-state index contributed by atoms with van der Waals surface area (Å²) in [6, 6.07) is 14.8. The average Bonchev–Trinajstić information content (AvgIpc) is 2.98. The van der Waals surface area contributed by atoms with Crippen molar-refractivity contribution in [2.75, 3.05) is 5.32 Å². The van der Waals surface area contributed by atoms with Gasteiger partial charge >= 0.3 is 0 Å². The smallest absolute Gasteiger partial charge is 0.225 e. The van der Waals surface area contributed by atoms with Crippen LogP contribution in [0.2, 0.25) is 0 Å². The first-order valence-electron chi connectivity index (χ1n) is 8.71. The van der Waals surface area contributed by atoms with E-state index in [1.54, 1.807) is 0 Å². The fraction of sp³-hybridized carbons (Fsp3) is 0.381. The summed E-state index contributed by atoms with van der Waals surface area (Å²) in [5.74, 6) is 0.507. The van der Waals surface area contributed by atoms with E-state index in [1.807, 2.05) is 0 Å². The second kappa shape index (κ2) is 6.99. The molecule has 0 heterocycles. The predicted octanol–water partition coefficient (Wildman–Crippen LogP) is 4.87. The highest BCUT2D eigenvalue weighted by Gasteiger charge is 2.24. The van der Waals surface area contributed by atoms with Crippen molar-refractivity contribution in [3.05, 3.63) is 64.7 Å². The van der Waals surface area contributed by atoms with Crippen LogP contribution < -0.4 is 5.32 Å². The van der Waals surface area contributed by atoms with Crippen molar-refractivity contribution >= 4 is 11.6 Å². The third kappa shape index (κ3) is 3.31. The summed E-state index contributed by atoms with van der Waals surface area (Å²) in [5, 5.41) is 3.20. The zero-order valence-electron chi connectivity index (χ0n) is 14.1. The Balaban J connectivity index is 1.74.